The molecule has 1 heterocycles. The van der Waals surface area contributed by atoms with Gasteiger partial charge in [0.2, 0.25) is 0 Å². The van der Waals surface area contributed by atoms with E-state index in [0.29, 0.717) is 23.6 Å². The molecule has 0 saturated carbocycles. The fraction of sp³-hybridized carbons (Fsp3) is 0.375. The molecule has 0 bridgehead atoms. The molecule has 0 aliphatic heterocycles. The number of carbonyl (C=O) groups is 1. The Morgan fingerprint density at radius 1 is 1.41 bits per heavy atom. The van der Waals surface area contributed by atoms with Gasteiger partial charge in [-0.2, -0.15) is 5.10 Å². The third-order valence-corrected chi connectivity index (χ3v) is 3.58. The predicted octanol–water partition coefficient (Wildman–Crippen LogP) is 2.38. The molecular formula is C16H21ClN4O. The van der Waals surface area contributed by atoms with Crippen molar-refractivity contribution >= 4 is 17.5 Å². The number of carbonyl (C=O) groups excluding carboxylic acids is 1. The molecule has 5 nitrogen and oxygen atoms in total. The first kappa shape index (κ1) is 16.5. The second-order valence-corrected chi connectivity index (χ2v) is 5.75. The van der Waals surface area contributed by atoms with Gasteiger partial charge in [-0.1, -0.05) is 24.6 Å². The van der Waals surface area contributed by atoms with Crippen LogP contribution in [0.25, 0.3) is 5.69 Å². The van der Waals surface area contributed by atoms with Gasteiger partial charge in [-0.3, -0.25) is 4.79 Å². The first-order chi connectivity index (χ1) is 10.5. The van der Waals surface area contributed by atoms with E-state index < -0.39 is 0 Å². The molecule has 0 fully saturated rings. The number of hydrogen-bond donors (Lipinski definition) is 1. The van der Waals surface area contributed by atoms with Gasteiger partial charge in [0.15, 0.2) is 0 Å². The Morgan fingerprint density at radius 3 is 2.82 bits per heavy atom. The third-order valence-electron chi connectivity index (χ3n) is 3.35. The van der Waals surface area contributed by atoms with Crippen LogP contribution in [-0.2, 0) is 6.42 Å². The summed E-state index contributed by atoms with van der Waals surface area (Å²) >= 11 is 6.03. The molecule has 0 aliphatic carbocycles. The Hall–Kier alpha value is -1.85. The van der Waals surface area contributed by atoms with Crippen LogP contribution >= 0.6 is 11.6 Å². The van der Waals surface area contributed by atoms with Gasteiger partial charge in [-0.25, -0.2) is 4.68 Å². The number of halogens is 1. The lowest BCUT2D eigenvalue weighted by Crippen LogP contribution is -2.31. The average molecular weight is 321 g/mol. The molecule has 2 rings (SSSR count). The number of hydrogen-bond acceptors (Lipinski definition) is 3. The molecule has 1 aromatic carbocycles. The number of benzene rings is 1. The molecule has 0 radical (unpaired) electrons. The summed E-state index contributed by atoms with van der Waals surface area (Å²) in [7, 11) is 3.95. The largest absolute Gasteiger partial charge is 0.351 e. The Bertz CT molecular complexity index is 651. The zero-order chi connectivity index (χ0) is 16.1. The summed E-state index contributed by atoms with van der Waals surface area (Å²) in [6.07, 6.45) is 2.33. The zero-order valence-electron chi connectivity index (χ0n) is 13.1. The van der Waals surface area contributed by atoms with E-state index in [1.807, 2.05) is 50.2 Å². The minimum atomic E-state index is -0.0908. The van der Waals surface area contributed by atoms with E-state index in [-0.39, 0.29) is 5.91 Å². The van der Waals surface area contributed by atoms with Crippen molar-refractivity contribution < 1.29 is 4.79 Å². The smallest absolute Gasteiger partial charge is 0.254 e. The average Bonchev–Trinajstić information content (AvgIpc) is 2.90. The van der Waals surface area contributed by atoms with Gasteiger partial charge >= 0.3 is 0 Å². The van der Waals surface area contributed by atoms with E-state index in [0.717, 1.165) is 17.9 Å². The molecule has 1 N–H and O–H groups in total. The van der Waals surface area contributed by atoms with E-state index in [1.165, 1.54) is 0 Å². The summed E-state index contributed by atoms with van der Waals surface area (Å²) in [6, 6.07) is 7.44. The van der Waals surface area contributed by atoms with Crippen LogP contribution in [-0.4, -0.2) is 47.8 Å². The van der Waals surface area contributed by atoms with Crippen molar-refractivity contribution in [2.45, 2.75) is 13.3 Å². The Morgan fingerprint density at radius 2 is 2.18 bits per heavy atom. The van der Waals surface area contributed by atoms with Crippen LogP contribution in [0, 0.1) is 0 Å². The normalized spacial score (nSPS) is 11.0. The summed E-state index contributed by atoms with van der Waals surface area (Å²) in [4.78, 5) is 14.3. The molecule has 1 amide bonds. The van der Waals surface area contributed by atoms with Crippen molar-refractivity contribution in [1.29, 1.82) is 0 Å². The maximum absolute atomic E-state index is 12.3. The van der Waals surface area contributed by atoms with Crippen LogP contribution in [0.4, 0.5) is 0 Å². The van der Waals surface area contributed by atoms with Crippen LogP contribution in [0.1, 0.15) is 23.0 Å². The SMILES string of the molecule is CCc1c(C(=O)NCCN(C)C)cnn1-c1cccc(Cl)c1. The van der Waals surface area contributed by atoms with E-state index in [2.05, 4.69) is 10.4 Å². The van der Waals surface area contributed by atoms with Crippen LogP contribution in [0.5, 0.6) is 0 Å². The summed E-state index contributed by atoms with van der Waals surface area (Å²) in [5.74, 6) is -0.0908. The van der Waals surface area contributed by atoms with Gasteiger partial charge in [0.25, 0.3) is 5.91 Å². The Balaban J connectivity index is 2.22. The van der Waals surface area contributed by atoms with Crippen LogP contribution in [0.15, 0.2) is 30.5 Å². The third kappa shape index (κ3) is 3.87. The molecule has 6 heteroatoms. The van der Waals surface area contributed by atoms with Crippen LogP contribution < -0.4 is 5.32 Å². The van der Waals surface area contributed by atoms with Crippen molar-refractivity contribution in [2.75, 3.05) is 27.2 Å². The summed E-state index contributed by atoms with van der Waals surface area (Å²) in [5, 5.41) is 7.92. The van der Waals surface area contributed by atoms with Gasteiger partial charge < -0.3 is 10.2 Å². The summed E-state index contributed by atoms with van der Waals surface area (Å²) in [6.45, 7) is 3.42. The highest BCUT2D eigenvalue weighted by atomic mass is 35.5. The van der Waals surface area contributed by atoms with Gasteiger partial charge in [0, 0.05) is 18.1 Å². The Labute approximate surface area is 135 Å². The van der Waals surface area contributed by atoms with E-state index in [1.54, 1.807) is 10.9 Å². The number of amides is 1. The minimum Gasteiger partial charge on any atom is -0.351 e. The molecule has 2 aromatic rings. The quantitative estimate of drug-likeness (QED) is 0.889. The molecular weight excluding hydrogens is 300 g/mol. The number of nitrogens with one attached hydrogen (secondary N) is 1. The highest BCUT2D eigenvalue weighted by Crippen LogP contribution is 2.19. The zero-order valence-corrected chi connectivity index (χ0v) is 13.9. The number of nitrogens with zero attached hydrogens (tertiary/aromatic N) is 3. The van der Waals surface area contributed by atoms with Crippen molar-refractivity contribution in [3.8, 4) is 5.69 Å². The van der Waals surface area contributed by atoms with Crippen molar-refractivity contribution in [1.82, 2.24) is 20.0 Å². The molecule has 0 spiro atoms. The fourth-order valence-corrected chi connectivity index (χ4v) is 2.41. The maximum Gasteiger partial charge on any atom is 0.254 e. The van der Waals surface area contributed by atoms with E-state index in [4.69, 9.17) is 11.6 Å². The molecule has 0 saturated heterocycles. The van der Waals surface area contributed by atoms with Gasteiger partial charge in [0.05, 0.1) is 23.1 Å². The first-order valence-corrected chi connectivity index (χ1v) is 7.66. The summed E-state index contributed by atoms with van der Waals surface area (Å²) < 4.78 is 1.77. The second kappa shape index (κ2) is 7.42. The van der Waals surface area contributed by atoms with Gasteiger partial charge in [0.1, 0.15) is 0 Å². The van der Waals surface area contributed by atoms with E-state index in [9.17, 15) is 4.79 Å². The summed E-state index contributed by atoms with van der Waals surface area (Å²) in [5.41, 5.74) is 2.35. The molecule has 0 unspecified atom stereocenters. The highest BCUT2D eigenvalue weighted by molar-refractivity contribution is 6.30. The Kier molecular flexibility index (Phi) is 5.57. The second-order valence-electron chi connectivity index (χ2n) is 5.31. The number of rotatable bonds is 6. The predicted molar refractivity (Wildman–Crippen MR) is 88.8 cm³/mol. The lowest BCUT2D eigenvalue weighted by atomic mass is 10.2. The topological polar surface area (TPSA) is 50.2 Å². The standard InChI is InChI=1S/C16H21ClN4O/c1-4-15-14(16(22)18-8-9-20(2)3)11-19-21(15)13-7-5-6-12(17)10-13/h5-7,10-11H,4,8-9H2,1-3H3,(H,18,22). The molecule has 1 aromatic heterocycles. The molecule has 0 atom stereocenters. The van der Waals surface area contributed by atoms with Crippen molar-refractivity contribution in [3.63, 3.8) is 0 Å². The fourth-order valence-electron chi connectivity index (χ4n) is 2.22. The minimum absolute atomic E-state index is 0.0908. The molecule has 118 valence electrons. The van der Waals surface area contributed by atoms with Crippen molar-refractivity contribution in [3.05, 3.63) is 46.7 Å². The highest BCUT2D eigenvalue weighted by Gasteiger charge is 2.16. The van der Waals surface area contributed by atoms with Gasteiger partial charge in [-0.05, 0) is 38.7 Å². The lowest BCUT2D eigenvalue weighted by molar-refractivity contribution is 0.0950. The van der Waals surface area contributed by atoms with Gasteiger partial charge in [-0.15, -0.1) is 0 Å². The lowest BCUT2D eigenvalue weighted by Gasteiger charge is -2.11. The van der Waals surface area contributed by atoms with Crippen molar-refractivity contribution in [2.24, 2.45) is 0 Å². The monoisotopic (exact) mass is 320 g/mol. The number of aromatic nitrogens is 2. The molecule has 0 aliphatic rings. The van der Waals surface area contributed by atoms with Crippen LogP contribution in [0.2, 0.25) is 5.02 Å². The maximum atomic E-state index is 12.3. The molecule has 22 heavy (non-hydrogen) atoms. The first-order valence-electron chi connectivity index (χ1n) is 7.28. The van der Waals surface area contributed by atoms with E-state index >= 15 is 0 Å². The number of likely N-dealkylation sites (N-methyl/N-ethyl adjacent to an activating group) is 1. The van der Waals surface area contributed by atoms with Crippen LogP contribution in [0.3, 0.4) is 0 Å².